The number of hydrogen-bond donors (Lipinski definition) is 1. The molecule has 166 valence electrons. The Morgan fingerprint density at radius 1 is 0.848 bits per heavy atom. The van der Waals surface area contributed by atoms with E-state index in [2.05, 4.69) is 47.8 Å². The van der Waals surface area contributed by atoms with Crippen molar-refractivity contribution < 1.29 is 13.2 Å². The van der Waals surface area contributed by atoms with E-state index in [1.54, 1.807) is 18.2 Å². The summed E-state index contributed by atoms with van der Waals surface area (Å²) < 4.78 is 27.5. The monoisotopic (exact) mass is 456 g/mol. The molecule has 0 unspecified atom stereocenters. The largest absolute Gasteiger partial charge is 0.283 e. The highest BCUT2D eigenvalue weighted by molar-refractivity contribution is 7.90. The molecular weight excluding hydrogens is 432 g/mol. The normalized spacial score (nSPS) is 11.8. The lowest BCUT2D eigenvalue weighted by Crippen LogP contribution is -2.31. The summed E-state index contributed by atoms with van der Waals surface area (Å²) in [5, 5.41) is 1.70. The molecule has 33 heavy (non-hydrogen) atoms. The Hall–Kier alpha value is -3.77. The molecule has 4 rings (SSSR count). The zero-order chi connectivity index (χ0) is 23.4. The van der Waals surface area contributed by atoms with Gasteiger partial charge in [-0.25, -0.2) is 13.1 Å². The van der Waals surface area contributed by atoms with Crippen LogP contribution in [-0.4, -0.2) is 19.3 Å². The molecule has 4 aromatic rings. The number of hydrogen-bond acceptors (Lipinski definition) is 4. The molecule has 0 aliphatic carbocycles. The summed E-state index contributed by atoms with van der Waals surface area (Å²) in [4.78, 5) is 16.7. The van der Waals surface area contributed by atoms with E-state index in [1.807, 2.05) is 36.4 Å². The molecule has 1 N–H and O–H groups in total. The molecule has 0 saturated carbocycles. The van der Waals surface area contributed by atoms with Crippen LogP contribution in [0.4, 0.5) is 0 Å². The third kappa shape index (κ3) is 5.35. The Balaban J connectivity index is 1.45. The highest BCUT2D eigenvalue weighted by atomic mass is 32.2. The van der Waals surface area contributed by atoms with Gasteiger partial charge in [-0.2, -0.15) is 0 Å². The van der Waals surface area contributed by atoms with Crippen LogP contribution in [0.15, 0.2) is 90.0 Å². The zero-order valence-corrected chi connectivity index (χ0v) is 19.2. The van der Waals surface area contributed by atoms with Gasteiger partial charge in [0.1, 0.15) is 5.69 Å². The number of benzene rings is 3. The number of nitrogens with zero attached hydrogens (tertiary/aromatic N) is 1. The lowest BCUT2D eigenvalue weighted by atomic mass is 10.0. The topological polar surface area (TPSA) is 76.1 Å². The number of carbonyl (C=O) groups is 1. The molecule has 0 saturated heterocycles. The van der Waals surface area contributed by atoms with E-state index in [0.29, 0.717) is 5.92 Å². The van der Waals surface area contributed by atoms with Gasteiger partial charge in [-0.05, 0) is 51.6 Å². The van der Waals surface area contributed by atoms with E-state index in [0.717, 1.165) is 21.9 Å². The van der Waals surface area contributed by atoms with Crippen LogP contribution in [0.2, 0.25) is 0 Å². The standard InChI is InChI=1S/C27H24N2O3S/c1-19(2)22-12-9-20(10-13-22)7-8-21-11-16-26(28-18-21)27(30)29-33(31,32)25-15-14-23-5-3-4-6-24(23)17-25/h3-19H,1-2H3,(H,29,30)/b8-7+. The Labute approximate surface area is 193 Å². The summed E-state index contributed by atoms with van der Waals surface area (Å²) in [7, 11) is -4.02. The average Bonchev–Trinajstić information content (AvgIpc) is 2.82. The fraction of sp³-hybridized carbons (Fsp3) is 0.111. The maximum atomic E-state index is 12.7. The minimum absolute atomic E-state index is 0.0255. The molecule has 0 atom stereocenters. The van der Waals surface area contributed by atoms with E-state index < -0.39 is 15.9 Å². The third-order valence-corrected chi connectivity index (χ3v) is 6.68. The molecule has 1 heterocycles. The molecule has 1 aromatic heterocycles. The van der Waals surface area contributed by atoms with Gasteiger partial charge in [0.15, 0.2) is 0 Å². The molecule has 3 aromatic carbocycles. The van der Waals surface area contributed by atoms with Crippen LogP contribution in [-0.2, 0) is 10.0 Å². The fourth-order valence-electron chi connectivity index (χ4n) is 3.39. The van der Waals surface area contributed by atoms with Gasteiger partial charge >= 0.3 is 0 Å². The van der Waals surface area contributed by atoms with Crippen molar-refractivity contribution in [1.29, 1.82) is 0 Å². The van der Waals surface area contributed by atoms with E-state index in [4.69, 9.17) is 0 Å². The maximum Gasteiger partial charge on any atom is 0.283 e. The first-order valence-corrected chi connectivity index (χ1v) is 12.1. The van der Waals surface area contributed by atoms with E-state index in [1.165, 1.54) is 23.9 Å². The van der Waals surface area contributed by atoms with Gasteiger partial charge < -0.3 is 0 Å². The lowest BCUT2D eigenvalue weighted by Gasteiger charge is -2.08. The van der Waals surface area contributed by atoms with Gasteiger partial charge in [-0.15, -0.1) is 0 Å². The second-order valence-electron chi connectivity index (χ2n) is 8.08. The molecule has 0 radical (unpaired) electrons. The van der Waals surface area contributed by atoms with Crippen molar-refractivity contribution in [3.63, 3.8) is 0 Å². The van der Waals surface area contributed by atoms with Crippen LogP contribution in [0, 0.1) is 0 Å². The lowest BCUT2D eigenvalue weighted by molar-refractivity contribution is 0.0976. The summed E-state index contributed by atoms with van der Waals surface area (Å²) in [6, 6.07) is 23.7. The summed E-state index contributed by atoms with van der Waals surface area (Å²) >= 11 is 0. The van der Waals surface area contributed by atoms with Crippen LogP contribution in [0.1, 0.15) is 46.9 Å². The second-order valence-corrected chi connectivity index (χ2v) is 9.76. The first-order chi connectivity index (χ1) is 15.8. The SMILES string of the molecule is CC(C)c1ccc(/C=C/c2ccc(C(=O)NS(=O)(=O)c3ccc4ccccc4c3)nc2)cc1. The minimum atomic E-state index is -4.02. The molecule has 0 aliphatic rings. The first-order valence-electron chi connectivity index (χ1n) is 10.6. The molecule has 6 heteroatoms. The van der Waals surface area contributed by atoms with Gasteiger partial charge in [0.2, 0.25) is 0 Å². The van der Waals surface area contributed by atoms with Crippen molar-refractivity contribution in [3.8, 4) is 0 Å². The molecule has 0 aliphatic heterocycles. The average molecular weight is 457 g/mol. The number of nitrogens with one attached hydrogen (secondary N) is 1. The second kappa shape index (κ2) is 9.38. The number of rotatable bonds is 6. The minimum Gasteiger partial charge on any atom is -0.266 e. The highest BCUT2D eigenvalue weighted by Crippen LogP contribution is 2.19. The van der Waals surface area contributed by atoms with Crippen LogP contribution in [0.5, 0.6) is 0 Å². The third-order valence-electron chi connectivity index (χ3n) is 5.35. The quantitative estimate of drug-likeness (QED) is 0.407. The predicted molar refractivity (Wildman–Crippen MR) is 132 cm³/mol. The number of sulfonamides is 1. The van der Waals surface area contributed by atoms with Crippen molar-refractivity contribution in [2.45, 2.75) is 24.7 Å². The molecule has 1 amide bonds. The van der Waals surface area contributed by atoms with Gasteiger partial charge in [-0.3, -0.25) is 9.78 Å². The molecule has 0 fully saturated rings. The Bertz CT molecular complexity index is 1420. The smallest absolute Gasteiger partial charge is 0.266 e. The Morgan fingerprint density at radius 2 is 1.52 bits per heavy atom. The van der Waals surface area contributed by atoms with E-state index in [-0.39, 0.29) is 10.6 Å². The van der Waals surface area contributed by atoms with Crippen molar-refractivity contribution in [2.24, 2.45) is 0 Å². The van der Waals surface area contributed by atoms with Crippen LogP contribution in [0.3, 0.4) is 0 Å². The summed E-state index contributed by atoms with van der Waals surface area (Å²) in [6.45, 7) is 4.31. The van der Waals surface area contributed by atoms with E-state index >= 15 is 0 Å². The van der Waals surface area contributed by atoms with Gasteiger partial charge in [-0.1, -0.05) is 86.7 Å². The Morgan fingerprint density at radius 3 is 2.18 bits per heavy atom. The number of carbonyl (C=O) groups excluding carboxylic acids is 1. The summed E-state index contributed by atoms with van der Waals surface area (Å²) in [5.74, 6) is -0.293. The molecule has 0 bridgehead atoms. The fourth-order valence-corrected chi connectivity index (χ4v) is 4.39. The van der Waals surface area contributed by atoms with E-state index in [9.17, 15) is 13.2 Å². The van der Waals surface area contributed by atoms with Crippen LogP contribution < -0.4 is 4.72 Å². The number of fused-ring (bicyclic) bond motifs is 1. The maximum absolute atomic E-state index is 12.7. The van der Waals surface area contributed by atoms with Crippen LogP contribution in [0.25, 0.3) is 22.9 Å². The van der Waals surface area contributed by atoms with Crippen molar-refractivity contribution in [1.82, 2.24) is 9.71 Å². The number of amides is 1. The van der Waals surface area contributed by atoms with Crippen molar-refractivity contribution in [3.05, 3.63) is 107 Å². The molecular formula is C27H24N2O3S. The Kier molecular flexibility index (Phi) is 6.38. The van der Waals surface area contributed by atoms with Crippen molar-refractivity contribution >= 4 is 38.9 Å². The highest BCUT2D eigenvalue weighted by Gasteiger charge is 2.19. The zero-order valence-electron chi connectivity index (χ0n) is 18.4. The first kappa shape index (κ1) is 22.4. The molecule has 0 spiro atoms. The van der Waals surface area contributed by atoms with Gasteiger partial charge in [0.05, 0.1) is 4.90 Å². The predicted octanol–water partition coefficient (Wildman–Crippen LogP) is 5.65. The van der Waals surface area contributed by atoms with Gasteiger partial charge in [0, 0.05) is 6.20 Å². The van der Waals surface area contributed by atoms with Crippen molar-refractivity contribution in [2.75, 3.05) is 0 Å². The van der Waals surface area contributed by atoms with Gasteiger partial charge in [0.25, 0.3) is 15.9 Å². The summed E-state index contributed by atoms with van der Waals surface area (Å²) in [6.07, 6.45) is 5.40. The number of aromatic nitrogens is 1. The molecule has 5 nitrogen and oxygen atoms in total. The summed E-state index contributed by atoms with van der Waals surface area (Å²) in [5.41, 5.74) is 3.17. The number of pyridine rings is 1. The van der Waals surface area contributed by atoms with Crippen LogP contribution >= 0.6 is 0 Å².